The van der Waals surface area contributed by atoms with Crippen LogP contribution in [0.1, 0.15) is 10.5 Å². The van der Waals surface area contributed by atoms with Gasteiger partial charge in [0, 0.05) is 18.0 Å². The molecule has 0 aliphatic carbocycles. The van der Waals surface area contributed by atoms with Crippen molar-refractivity contribution >= 4 is 5.97 Å². The minimum Gasteiger partial charge on any atom is -0.493 e. The Bertz CT molecular complexity index is 613. The van der Waals surface area contributed by atoms with Gasteiger partial charge in [-0.2, -0.15) is 0 Å². The van der Waals surface area contributed by atoms with Crippen molar-refractivity contribution in [2.24, 2.45) is 0 Å². The van der Waals surface area contributed by atoms with Crippen LogP contribution in [0, 0.1) is 0 Å². The normalized spacial score (nSPS) is 10.0. The Morgan fingerprint density at radius 2 is 1.79 bits per heavy atom. The van der Waals surface area contributed by atoms with E-state index in [1.54, 1.807) is 18.2 Å². The number of methoxy groups -OCH3 is 2. The smallest absolute Gasteiger partial charge is 0.356 e. The number of benzene rings is 1. The Morgan fingerprint density at radius 3 is 2.42 bits per heavy atom. The largest absolute Gasteiger partial charge is 0.493 e. The van der Waals surface area contributed by atoms with Crippen molar-refractivity contribution in [1.29, 1.82) is 0 Å². The van der Waals surface area contributed by atoms with E-state index in [1.165, 1.54) is 26.6 Å². The van der Waals surface area contributed by atoms with E-state index >= 15 is 0 Å². The number of carbonyl (C=O) groups is 1. The van der Waals surface area contributed by atoms with Crippen molar-refractivity contribution in [2.75, 3.05) is 14.2 Å². The zero-order valence-corrected chi connectivity index (χ0v) is 10.5. The monoisotopic (exact) mass is 260 g/mol. The lowest BCUT2D eigenvalue weighted by Gasteiger charge is -2.10. The number of hydrogen-bond acceptors (Lipinski definition) is 5. The van der Waals surface area contributed by atoms with Crippen LogP contribution in [-0.4, -0.2) is 35.3 Å². The first-order chi connectivity index (χ1) is 9.17. The van der Waals surface area contributed by atoms with Crippen molar-refractivity contribution in [2.45, 2.75) is 0 Å². The average molecular weight is 260 g/mol. The first-order valence-electron chi connectivity index (χ1n) is 5.44. The molecule has 0 saturated heterocycles. The molecule has 2 aromatic rings. The molecule has 19 heavy (non-hydrogen) atoms. The van der Waals surface area contributed by atoms with Gasteiger partial charge in [-0.1, -0.05) is 0 Å². The summed E-state index contributed by atoms with van der Waals surface area (Å²) in [6, 6.07) is 5.06. The Kier molecular flexibility index (Phi) is 3.61. The van der Waals surface area contributed by atoms with Crippen LogP contribution in [0.2, 0.25) is 0 Å². The van der Waals surface area contributed by atoms with Crippen LogP contribution in [0.3, 0.4) is 0 Å². The molecule has 98 valence electrons. The fraction of sp³-hybridized carbons (Fsp3) is 0.154. The fourth-order valence-corrected chi connectivity index (χ4v) is 1.69. The second-order valence-electron chi connectivity index (χ2n) is 3.63. The molecule has 1 N–H and O–H groups in total. The minimum absolute atomic E-state index is 0.102. The standard InChI is InChI=1S/C13H12N2O4/c1-18-9-4-3-8(7-10(9)19-2)11-12(13(16)17)15-6-5-14-11/h3-7H,1-2H3,(H,16,17). The van der Waals surface area contributed by atoms with Gasteiger partial charge in [0.25, 0.3) is 0 Å². The van der Waals surface area contributed by atoms with Gasteiger partial charge in [0.1, 0.15) is 5.69 Å². The molecule has 1 aromatic carbocycles. The number of ether oxygens (including phenoxy) is 2. The fourth-order valence-electron chi connectivity index (χ4n) is 1.69. The molecule has 0 fully saturated rings. The molecule has 6 heteroatoms. The highest BCUT2D eigenvalue weighted by Crippen LogP contribution is 2.32. The molecule has 2 rings (SSSR count). The quantitative estimate of drug-likeness (QED) is 0.903. The summed E-state index contributed by atoms with van der Waals surface area (Å²) in [7, 11) is 3.04. The average Bonchev–Trinajstić information content (AvgIpc) is 2.46. The van der Waals surface area contributed by atoms with Gasteiger partial charge < -0.3 is 14.6 Å². The second kappa shape index (κ2) is 5.34. The maximum atomic E-state index is 11.1. The van der Waals surface area contributed by atoms with Crippen LogP contribution in [0.15, 0.2) is 30.6 Å². The zero-order valence-electron chi connectivity index (χ0n) is 10.5. The van der Waals surface area contributed by atoms with Gasteiger partial charge in [0.15, 0.2) is 17.2 Å². The Balaban J connectivity index is 2.56. The Hall–Kier alpha value is -2.63. The summed E-state index contributed by atoms with van der Waals surface area (Å²) in [5, 5.41) is 9.10. The molecule has 0 unspecified atom stereocenters. The lowest BCUT2D eigenvalue weighted by molar-refractivity contribution is 0.0691. The van der Waals surface area contributed by atoms with Gasteiger partial charge in [-0.05, 0) is 18.2 Å². The van der Waals surface area contributed by atoms with Crippen molar-refractivity contribution in [3.8, 4) is 22.8 Å². The molecular weight excluding hydrogens is 248 g/mol. The number of rotatable bonds is 4. The number of aromatic carboxylic acids is 1. The van der Waals surface area contributed by atoms with Gasteiger partial charge in [-0.3, -0.25) is 4.98 Å². The molecule has 0 atom stereocenters. The Morgan fingerprint density at radius 1 is 1.11 bits per heavy atom. The number of aromatic nitrogens is 2. The van der Waals surface area contributed by atoms with Gasteiger partial charge >= 0.3 is 5.97 Å². The third-order valence-corrected chi connectivity index (χ3v) is 2.56. The molecule has 1 heterocycles. The summed E-state index contributed by atoms with van der Waals surface area (Å²) >= 11 is 0. The summed E-state index contributed by atoms with van der Waals surface area (Å²) in [4.78, 5) is 19.0. The number of carboxylic acid groups (broad SMARTS) is 1. The summed E-state index contributed by atoms with van der Waals surface area (Å²) in [5.74, 6) is -0.0631. The highest BCUT2D eigenvalue weighted by atomic mass is 16.5. The molecule has 0 aliphatic heterocycles. The number of hydrogen-bond donors (Lipinski definition) is 1. The molecule has 0 saturated carbocycles. The van der Waals surface area contributed by atoms with Gasteiger partial charge in [-0.15, -0.1) is 0 Å². The topological polar surface area (TPSA) is 81.5 Å². The third kappa shape index (κ3) is 2.47. The van der Waals surface area contributed by atoms with Crippen LogP contribution < -0.4 is 9.47 Å². The van der Waals surface area contributed by atoms with Crippen LogP contribution >= 0.6 is 0 Å². The van der Waals surface area contributed by atoms with Crippen molar-refractivity contribution < 1.29 is 19.4 Å². The van der Waals surface area contributed by atoms with Crippen LogP contribution in [0.5, 0.6) is 11.5 Å². The van der Waals surface area contributed by atoms with E-state index in [1.807, 2.05) is 0 Å². The van der Waals surface area contributed by atoms with E-state index in [0.29, 0.717) is 17.1 Å². The third-order valence-electron chi connectivity index (χ3n) is 2.56. The highest BCUT2D eigenvalue weighted by molar-refractivity contribution is 5.92. The molecule has 0 bridgehead atoms. The summed E-state index contributed by atoms with van der Waals surface area (Å²) in [6.07, 6.45) is 2.78. The first kappa shape index (κ1) is 12.8. The summed E-state index contributed by atoms with van der Waals surface area (Å²) < 4.78 is 10.3. The lowest BCUT2D eigenvalue weighted by atomic mass is 10.1. The van der Waals surface area contributed by atoms with Gasteiger partial charge in [0.2, 0.25) is 0 Å². The van der Waals surface area contributed by atoms with E-state index < -0.39 is 5.97 Å². The molecule has 0 aliphatic rings. The van der Waals surface area contributed by atoms with Crippen molar-refractivity contribution in [3.63, 3.8) is 0 Å². The van der Waals surface area contributed by atoms with E-state index in [4.69, 9.17) is 14.6 Å². The van der Waals surface area contributed by atoms with Crippen LogP contribution in [-0.2, 0) is 0 Å². The van der Waals surface area contributed by atoms with Crippen molar-refractivity contribution in [3.05, 3.63) is 36.3 Å². The SMILES string of the molecule is COc1ccc(-c2nccnc2C(=O)O)cc1OC. The lowest BCUT2D eigenvalue weighted by Crippen LogP contribution is -2.04. The molecule has 0 spiro atoms. The molecule has 1 aromatic heterocycles. The van der Waals surface area contributed by atoms with Gasteiger partial charge in [0.05, 0.1) is 14.2 Å². The van der Waals surface area contributed by atoms with E-state index in [0.717, 1.165) is 0 Å². The van der Waals surface area contributed by atoms with Crippen LogP contribution in [0.25, 0.3) is 11.3 Å². The Labute approximate surface area is 109 Å². The second-order valence-corrected chi connectivity index (χ2v) is 3.63. The maximum absolute atomic E-state index is 11.1. The first-order valence-corrected chi connectivity index (χ1v) is 5.44. The molecule has 0 radical (unpaired) electrons. The predicted molar refractivity (Wildman–Crippen MR) is 67.5 cm³/mol. The molecule has 0 amide bonds. The summed E-state index contributed by atoms with van der Waals surface area (Å²) in [6.45, 7) is 0. The molecule has 6 nitrogen and oxygen atoms in total. The van der Waals surface area contributed by atoms with E-state index in [2.05, 4.69) is 9.97 Å². The van der Waals surface area contributed by atoms with E-state index in [-0.39, 0.29) is 11.4 Å². The van der Waals surface area contributed by atoms with E-state index in [9.17, 15) is 4.79 Å². The van der Waals surface area contributed by atoms with Crippen molar-refractivity contribution in [1.82, 2.24) is 9.97 Å². The number of nitrogens with zero attached hydrogens (tertiary/aromatic N) is 2. The minimum atomic E-state index is -1.13. The van der Waals surface area contributed by atoms with Crippen LogP contribution in [0.4, 0.5) is 0 Å². The zero-order chi connectivity index (χ0) is 13.8. The summed E-state index contributed by atoms with van der Waals surface area (Å²) in [5.41, 5.74) is 0.786. The predicted octanol–water partition coefficient (Wildman–Crippen LogP) is 1.86. The van der Waals surface area contributed by atoms with Gasteiger partial charge in [-0.25, -0.2) is 9.78 Å². The number of carboxylic acids is 1. The maximum Gasteiger partial charge on any atom is 0.356 e. The molecular formula is C13H12N2O4. The highest BCUT2D eigenvalue weighted by Gasteiger charge is 2.16.